The van der Waals surface area contributed by atoms with Gasteiger partial charge in [-0.15, -0.1) is 0 Å². The molecule has 0 aromatic rings. The molecule has 1 amide bonds. The molecule has 4 aliphatic heterocycles. The van der Waals surface area contributed by atoms with Gasteiger partial charge in [0.25, 0.3) is 0 Å². The van der Waals surface area contributed by atoms with E-state index in [0.29, 0.717) is 19.7 Å². The zero-order valence-electron chi connectivity index (χ0n) is 12.7. The van der Waals surface area contributed by atoms with Crippen LogP contribution in [0.2, 0.25) is 0 Å². The minimum atomic E-state index is -0.641. The molecule has 3 fully saturated rings. The van der Waals surface area contributed by atoms with E-state index < -0.39 is 17.4 Å². The highest BCUT2D eigenvalue weighted by Gasteiger charge is 2.67. The molecule has 4 aliphatic rings. The molecule has 1 spiro atoms. The molecule has 2 bridgehead atoms. The van der Waals surface area contributed by atoms with Crippen LogP contribution in [0.25, 0.3) is 0 Å². The summed E-state index contributed by atoms with van der Waals surface area (Å²) in [4.78, 5) is 26.9. The lowest BCUT2D eigenvalue weighted by atomic mass is 9.77. The average molecular weight is 307 g/mol. The summed E-state index contributed by atoms with van der Waals surface area (Å²) < 4.78 is 16.8. The van der Waals surface area contributed by atoms with Gasteiger partial charge in [0.1, 0.15) is 11.5 Å². The molecule has 0 radical (unpaired) electrons. The van der Waals surface area contributed by atoms with Gasteiger partial charge in [0.2, 0.25) is 5.91 Å². The van der Waals surface area contributed by atoms with E-state index in [1.165, 1.54) is 0 Å². The van der Waals surface area contributed by atoms with Crippen LogP contribution >= 0.6 is 0 Å². The second-order valence-corrected chi connectivity index (χ2v) is 6.51. The van der Waals surface area contributed by atoms with Gasteiger partial charge in [-0.2, -0.15) is 0 Å². The molecule has 4 rings (SSSR count). The molecule has 0 aromatic carbocycles. The number of amides is 1. The van der Waals surface area contributed by atoms with E-state index in [2.05, 4.69) is 0 Å². The maximum atomic E-state index is 12.8. The molecule has 22 heavy (non-hydrogen) atoms. The molecule has 0 unspecified atom stereocenters. The second-order valence-electron chi connectivity index (χ2n) is 6.51. The summed E-state index contributed by atoms with van der Waals surface area (Å²) in [7, 11) is 0. The Morgan fingerprint density at radius 2 is 2.41 bits per heavy atom. The van der Waals surface area contributed by atoms with E-state index in [-0.39, 0.29) is 24.1 Å². The van der Waals surface area contributed by atoms with Crippen molar-refractivity contribution in [3.63, 3.8) is 0 Å². The van der Waals surface area contributed by atoms with Crippen molar-refractivity contribution in [1.82, 2.24) is 4.90 Å². The lowest BCUT2D eigenvalue weighted by Crippen LogP contribution is -2.40. The fourth-order valence-corrected chi connectivity index (χ4v) is 4.27. The quantitative estimate of drug-likeness (QED) is 0.559. The number of esters is 1. The second kappa shape index (κ2) is 5.06. The van der Waals surface area contributed by atoms with Crippen LogP contribution in [0.4, 0.5) is 0 Å². The van der Waals surface area contributed by atoms with Crippen LogP contribution in [-0.4, -0.2) is 60.9 Å². The molecular weight excluding hydrogens is 286 g/mol. The van der Waals surface area contributed by atoms with E-state index in [1.54, 1.807) is 11.8 Å². The van der Waals surface area contributed by atoms with Gasteiger partial charge in [-0.05, 0) is 19.8 Å². The van der Waals surface area contributed by atoms with Crippen LogP contribution in [0.15, 0.2) is 12.2 Å². The minimum Gasteiger partial charge on any atom is -0.466 e. The summed E-state index contributed by atoms with van der Waals surface area (Å²) in [5, 5.41) is 0. The number of hydrogen-bond acceptors (Lipinski definition) is 5. The number of carbonyl (C=O) groups excluding carboxylic acids is 2. The van der Waals surface area contributed by atoms with Crippen molar-refractivity contribution in [2.24, 2.45) is 11.8 Å². The van der Waals surface area contributed by atoms with E-state index >= 15 is 0 Å². The van der Waals surface area contributed by atoms with Gasteiger partial charge < -0.3 is 19.1 Å². The highest BCUT2D eigenvalue weighted by molar-refractivity contribution is 5.91. The van der Waals surface area contributed by atoms with Gasteiger partial charge in [-0.3, -0.25) is 9.59 Å². The number of likely N-dealkylation sites (tertiary alicyclic amines) is 1. The molecule has 0 aliphatic carbocycles. The monoisotopic (exact) mass is 307 g/mol. The molecule has 4 heterocycles. The fourth-order valence-electron chi connectivity index (χ4n) is 4.27. The first-order chi connectivity index (χ1) is 10.6. The Kier molecular flexibility index (Phi) is 3.27. The standard InChI is InChI=1S/C16H21NO5/c1-2-20-15(19)12-11-5-6-16(22-11)9-17(14(18)13(12)16)8-10-4-3-7-21-10/h5-6,10-13H,2-4,7-9H2,1H3/t10-,11+,12-,13+,16-/m1/s1. The maximum absolute atomic E-state index is 12.8. The zero-order valence-corrected chi connectivity index (χ0v) is 12.7. The van der Waals surface area contributed by atoms with E-state index in [9.17, 15) is 9.59 Å². The van der Waals surface area contributed by atoms with E-state index in [4.69, 9.17) is 14.2 Å². The van der Waals surface area contributed by atoms with Crippen molar-refractivity contribution in [1.29, 1.82) is 0 Å². The van der Waals surface area contributed by atoms with Crippen molar-refractivity contribution >= 4 is 11.9 Å². The highest BCUT2D eigenvalue weighted by Crippen LogP contribution is 2.52. The van der Waals surface area contributed by atoms with Crippen molar-refractivity contribution in [2.45, 2.75) is 37.6 Å². The Labute approximate surface area is 129 Å². The van der Waals surface area contributed by atoms with Crippen LogP contribution in [0.1, 0.15) is 19.8 Å². The Morgan fingerprint density at radius 1 is 1.55 bits per heavy atom. The first-order valence-electron chi connectivity index (χ1n) is 8.09. The number of hydrogen-bond donors (Lipinski definition) is 0. The maximum Gasteiger partial charge on any atom is 0.312 e. The topological polar surface area (TPSA) is 65.1 Å². The molecule has 6 nitrogen and oxygen atoms in total. The summed E-state index contributed by atoms with van der Waals surface area (Å²) in [5.74, 6) is -1.27. The summed E-state index contributed by atoms with van der Waals surface area (Å²) in [5.41, 5.74) is -0.641. The van der Waals surface area contributed by atoms with Gasteiger partial charge in [0.05, 0.1) is 31.3 Å². The Morgan fingerprint density at radius 3 is 3.14 bits per heavy atom. The number of fused-ring (bicyclic) bond motifs is 1. The third-order valence-electron chi connectivity index (χ3n) is 5.19. The number of ether oxygens (including phenoxy) is 3. The molecule has 5 atom stereocenters. The molecule has 0 saturated carbocycles. The predicted octanol–water partition coefficient (Wildman–Crippen LogP) is 0.510. The largest absolute Gasteiger partial charge is 0.466 e. The van der Waals surface area contributed by atoms with Crippen LogP contribution in [0.5, 0.6) is 0 Å². The van der Waals surface area contributed by atoms with Crippen LogP contribution in [0.3, 0.4) is 0 Å². The number of carbonyl (C=O) groups is 2. The van der Waals surface area contributed by atoms with Gasteiger partial charge >= 0.3 is 5.97 Å². The van der Waals surface area contributed by atoms with Crippen LogP contribution in [0, 0.1) is 11.8 Å². The molecule has 6 heteroatoms. The van der Waals surface area contributed by atoms with Crippen molar-refractivity contribution in [3.8, 4) is 0 Å². The molecule has 120 valence electrons. The third kappa shape index (κ3) is 1.93. The lowest BCUT2D eigenvalue weighted by molar-refractivity contribution is -0.153. The van der Waals surface area contributed by atoms with Crippen LogP contribution in [-0.2, 0) is 23.8 Å². The number of rotatable bonds is 4. The zero-order chi connectivity index (χ0) is 15.3. The Balaban J connectivity index is 1.55. The summed E-state index contributed by atoms with van der Waals surface area (Å²) in [6.07, 6.45) is 5.69. The molecule has 0 aromatic heterocycles. The fraction of sp³-hybridized carbons (Fsp3) is 0.750. The molecular formula is C16H21NO5. The van der Waals surface area contributed by atoms with Gasteiger partial charge in [-0.1, -0.05) is 12.2 Å². The first kappa shape index (κ1) is 14.2. The smallest absolute Gasteiger partial charge is 0.312 e. The molecule has 3 saturated heterocycles. The van der Waals surface area contributed by atoms with Crippen LogP contribution < -0.4 is 0 Å². The first-order valence-corrected chi connectivity index (χ1v) is 8.09. The average Bonchev–Trinajstić information content (AvgIpc) is 3.23. The van der Waals surface area contributed by atoms with Gasteiger partial charge in [0.15, 0.2) is 0 Å². The van der Waals surface area contributed by atoms with Crippen molar-refractivity contribution in [3.05, 3.63) is 12.2 Å². The predicted molar refractivity (Wildman–Crippen MR) is 75.9 cm³/mol. The van der Waals surface area contributed by atoms with E-state index in [0.717, 1.165) is 19.4 Å². The number of nitrogens with zero attached hydrogens (tertiary/aromatic N) is 1. The summed E-state index contributed by atoms with van der Waals surface area (Å²) in [6.45, 7) is 3.97. The van der Waals surface area contributed by atoms with Crippen molar-refractivity contribution in [2.75, 3.05) is 26.3 Å². The molecule has 0 N–H and O–H groups in total. The lowest BCUT2D eigenvalue weighted by Gasteiger charge is -2.23. The van der Waals surface area contributed by atoms with Gasteiger partial charge in [-0.25, -0.2) is 0 Å². The normalized spacial score (nSPS) is 42.2. The van der Waals surface area contributed by atoms with Gasteiger partial charge in [0, 0.05) is 13.2 Å². The summed E-state index contributed by atoms with van der Waals surface area (Å²) in [6, 6.07) is 0. The summed E-state index contributed by atoms with van der Waals surface area (Å²) >= 11 is 0. The Bertz CT molecular complexity index is 527. The van der Waals surface area contributed by atoms with E-state index in [1.807, 2.05) is 12.2 Å². The minimum absolute atomic E-state index is 0.000373. The van der Waals surface area contributed by atoms with Crippen molar-refractivity contribution < 1.29 is 23.8 Å². The third-order valence-corrected chi connectivity index (χ3v) is 5.19. The Hall–Kier alpha value is -1.40. The highest BCUT2D eigenvalue weighted by atomic mass is 16.6. The SMILES string of the molecule is CCOC(=O)[C@@H]1[C@@H]2C=C[C@]3(CN(C[C@H]4CCCO4)C(=O)[C@H]13)O2.